The Morgan fingerprint density at radius 2 is 2.21 bits per heavy atom. The van der Waals surface area contributed by atoms with Crippen molar-refractivity contribution in [1.29, 1.82) is 0 Å². The summed E-state index contributed by atoms with van der Waals surface area (Å²) in [5, 5.41) is 5.46. The first-order chi connectivity index (χ1) is 9.20. The van der Waals surface area contributed by atoms with Gasteiger partial charge in [0.05, 0.1) is 11.1 Å². The Morgan fingerprint density at radius 1 is 1.42 bits per heavy atom. The van der Waals surface area contributed by atoms with Gasteiger partial charge in [-0.2, -0.15) is 0 Å². The van der Waals surface area contributed by atoms with E-state index in [-0.39, 0.29) is 0 Å². The lowest BCUT2D eigenvalue weighted by Gasteiger charge is -2.14. The van der Waals surface area contributed by atoms with E-state index in [0.29, 0.717) is 11.1 Å². The normalized spacial score (nSPS) is 17.0. The summed E-state index contributed by atoms with van der Waals surface area (Å²) in [4.78, 5) is 0. The van der Waals surface area contributed by atoms with Gasteiger partial charge in [-0.3, -0.25) is 0 Å². The molecule has 3 rings (SSSR count). The maximum atomic E-state index is 6.23. The van der Waals surface area contributed by atoms with Gasteiger partial charge in [-0.05, 0) is 56.3 Å². The van der Waals surface area contributed by atoms with Gasteiger partial charge in [-0.1, -0.05) is 24.6 Å². The fourth-order valence-corrected chi connectivity index (χ4v) is 2.83. The van der Waals surface area contributed by atoms with Gasteiger partial charge in [-0.25, -0.2) is 0 Å². The molecule has 0 bridgehead atoms. The summed E-state index contributed by atoms with van der Waals surface area (Å²) in [6.45, 7) is 5.32. The summed E-state index contributed by atoms with van der Waals surface area (Å²) in [5.74, 6) is 1.77. The fourth-order valence-electron chi connectivity index (χ4n) is 2.63. The van der Waals surface area contributed by atoms with Crippen molar-refractivity contribution >= 4 is 22.6 Å². The molecule has 1 saturated carbocycles. The second-order valence-corrected chi connectivity index (χ2v) is 5.93. The molecule has 19 heavy (non-hydrogen) atoms. The summed E-state index contributed by atoms with van der Waals surface area (Å²) in [6.07, 6.45) is 3.74. The van der Waals surface area contributed by atoms with Crippen LogP contribution >= 0.6 is 11.6 Å². The van der Waals surface area contributed by atoms with Crippen LogP contribution in [0.5, 0.6) is 0 Å². The van der Waals surface area contributed by atoms with E-state index >= 15 is 0 Å². The minimum absolute atomic E-state index is 0.350. The zero-order valence-electron chi connectivity index (χ0n) is 11.5. The molecule has 0 amide bonds. The molecule has 3 heteroatoms. The highest BCUT2D eigenvalue weighted by atomic mass is 35.5. The number of furan rings is 1. The maximum absolute atomic E-state index is 6.23. The number of hydrogen-bond acceptors (Lipinski definition) is 2. The molecule has 1 aromatic carbocycles. The lowest BCUT2D eigenvalue weighted by atomic mass is 10.1. The molecule has 2 aromatic rings. The zero-order chi connectivity index (χ0) is 13.4. The molecule has 0 radical (unpaired) electrons. The van der Waals surface area contributed by atoms with E-state index in [0.717, 1.165) is 35.6 Å². The Labute approximate surface area is 119 Å². The molecule has 1 atom stereocenters. The first-order valence-corrected chi connectivity index (χ1v) is 7.50. The van der Waals surface area contributed by atoms with Crippen LogP contribution in [0, 0.1) is 12.8 Å². The number of rotatable bonds is 5. The second kappa shape index (κ2) is 5.18. The van der Waals surface area contributed by atoms with Crippen LogP contribution in [-0.2, 0) is 0 Å². The molecule has 1 aromatic heterocycles. The van der Waals surface area contributed by atoms with Crippen molar-refractivity contribution in [3.8, 4) is 0 Å². The molecule has 2 nitrogen and oxygen atoms in total. The summed E-state index contributed by atoms with van der Waals surface area (Å²) < 4.78 is 6.05. The van der Waals surface area contributed by atoms with Gasteiger partial charge in [0.2, 0.25) is 0 Å². The Bertz CT molecular complexity index is 547. The van der Waals surface area contributed by atoms with E-state index < -0.39 is 0 Å². The Balaban J connectivity index is 1.99. The Kier molecular flexibility index (Phi) is 3.55. The van der Waals surface area contributed by atoms with Crippen molar-refractivity contribution in [2.45, 2.75) is 39.2 Å². The molecule has 1 fully saturated rings. The largest absolute Gasteiger partial charge is 0.458 e. The summed E-state index contributed by atoms with van der Waals surface area (Å²) >= 11 is 6.23. The third-order valence-electron chi connectivity index (χ3n) is 3.89. The Morgan fingerprint density at radius 3 is 2.84 bits per heavy atom. The monoisotopic (exact) mass is 277 g/mol. The molecule has 0 spiro atoms. The summed E-state index contributed by atoms with van der Waals surface area (Å²) in [6, 6.07) is 6.48. The predicted octanol–water partition coefficient (Wildman–Crippen LogP) is 4.85. The molecule has 1 unspecified atom stereocenters. The highest BCUT2D eigenvalue weighted by Gasteiger charge is 2.34. The Hall–Kier alpha value is -0.990. The van der Waals surface area contributed by atoms with E-state index in [9.17, 15) is 0 Å². The van der Waals surface area contributed by atoms with Gasteiger partial charge in [0, 0.05) is 5.39 Å². The minimum atomic E-state index is 0.350. The van der Waals surface area contributed by atoms with Gasteiger partial charge in [0.15, 0.2) is 5.58 Å². The minimum Gasteiger partial charge on any atom is -0.458 e. The van der Waals surface area contributed by atoms with Gasteiger partial charge in [-0.15, -0.1) is 0 Å². The van der Waals surface area contributed by atoms with Crippen molar-refractivity contribution in [3.05, 3.63) is 34.5 Å². The van der Waals surface area contributed by atoms with Crippen molar-refractivity contribution < 1.29 is 4.42 Å². The van der Waals surface area contributed by atoms with E-state index in [4.69, 9.17) is 16.0 Å². The smallest absolute Gasteiger partial charge is 0.153 e. The molecular formula is C16H20ClNO. The number of hydrogen-bond donors (Lipinski definition) is 1. The third-order valence-corrected chi connectivity index (χ3v) is 4.18. The first kappa shape index (κ1) is 13.0. The van der Waals surface area contributed by atoms with Crippen LogP contribution in [0.3, 0.4) is 0 Å². The molecule has 1 heterocycles. The van der Waals surface area contributed by atoms with Crippen LogP contribution in [0.15, 0.2) is 22.6 Å². The van der Waals surface area contributed by atoms with Crippen LogP contribution in [-0.4, -0.2) is 6.54 Å². The van der Waals surface area contributed by atoms with Crippen molar-refractivity contribution in [2.24, 2.45) is 5.92 Å². The van der Waals surface area contributed by atoms with Crippen LogP contribution in [0.2, 0.25) is 5.02 Å². The van der Waals surface area contributed by atoms with Crippen LogP contribution in [0.4, 0.5) is 0 Å². The molecule has 1 aliphatic carbocycles. The predicted molar refractivity (Wildman–Crippen MR) is 79.7 cm³/mol. The molecule has 0 saturated heterocycles. The number of nitrogens with one attached hydrogen (secondary N) is 1. The van der Waals surface area contributed by atoms with Crippen molar-refractivity contribution in [3.63, 3.8) is 0 Å². The number of benzene rings is 1. The van der Waals surface area contributed by atoms with E-state index in [1.807, 2.05) is 6.07 Å². The molecule has 0 aliphatic heterocycles. The molecule has 102 valence electrons. The molecular weight excluding hydrogens is 258 g/mol. The van der Waals surface area contributed by atoms with E-state index in [2.05, 4.69) is 31.3 Å². The molecule has 1 N–H and O–H groups in total. The van der Waals surface area contributed by atoms with Crippen LogP contribution in [0.25, 0.3) is 11.0 Å². The first-order valence-electron chi connectivity index (χ1n) is 7.12. The topological polar surface area (TPSA) is 25.2 Å². The van der Waals surface area contributed by atoms with Crippen molar-refractivity contribution in [1.82, 2.24) is 5.32 Å². The standard InChI is InChI=1S/C16H20ClNO/c1-3-8-18-15(11-5-6-11)14-9-12-10(2)4-7-13(17)16(12)19-14/h4,7,9,11,15,18H,3,5-6,8H2,1-2H3. The van der Waals surface area contributed by atoms with Crippen LogP contribution < -0.4 is 5.32 Å². The highest BCUT2D eigenvalue weighted by molar-refractivity contribution is 6.34. The second-order valence-electron chi connectivity index (χ2n) is 5.53. The van der Waals surface area contributed by atoms with E-state index in [1.54, 1.807) is 0 Å². The highest BCUT2D eigenvalue weighted by Crippen LogP contribution is 2.43. The van der Waals surface area contributed by atoms with Gasteiger partial charge in [0.25, 0.3) is 0 Å². The number of halogens is 1. The van der Waals surface area contributed by atoms with Gasteiger partial charge in [0.1, 0.15) is 5.76 Å². The third kappa shape index (κ3) is 2.52. The number of aryl methyl sites for hydroxylation is 1. The van der Waals surface area contributed by atoms with Gasteiger partial charge >= 0.3 is 0 Å². The summed E-state index contributed by atoms with van der Waals surface area (Å²) in [5.41, 5.74) is 2.06. The van der Waals surface area contributed by atoms with Crippen LogP contribution in [0.1, 0.15) is 43.6 Å². The average Bonchev–Trinajstić information content (AvgIpc) is 3.13. The fraction of sp³-hybridized carbons (Fsp3) is 0.500. The quantitative estimate of drug-likeness (QED) is 0.845. The molecule has 1 aliphatic rings. The zero-order valence-corrected chi connectivity index (χ0v) is 12.3. The summed E-state index contributed by atoms with van der Waals surface area (Å²) in [7, 11) is 0. The SMILES string of the molecule is CCCNC(c1cc2c(C)ccc(Cl)c2o1)C1CC1. The lowest BCUT2D eigenvalue weighted by molar-refractivity contribution is 0.397. The van der Waals surface area contributed by atoms with Crippen molar-refractivity contribution in [2.75, 3.05) is 6.54 Å². The lowest BCUT2D eigenvalue weighted by Crippen LogP contribution is -2.23. The maximum Gasteiger partial charge on any atom is 0.153 e. The number of fused-ring (bicyclic) bond motifs is 1. The van der Waals surface area contributed by atoms with Gasteiger partial charge < -0.3 is 9.73 Å². The average molecular weight is 278 g/mol. The van der Waals surface area contributed by atoms with E-state index in [1.165, 1.54) is 18.4 Å².